The average Bonchev–Trinajstić information content (AvgIpc) is 2.96. The van der Waals surface area contributed by atoms with Gasteiger partial charge in [0.2, 0.25) is 0 Å². The molecule has 0 amide bonds. The number of aromatic nitrogens is 2. The third-order valence-electron chi connectivity index (χ3n) is 3.83. The quantitative estimate of drug-likeness (QED) is 0.817. The molecule has 0 saturated carbocycles. The molecule has 5 nitrogen and oxygen atoms in total. The first-order chi connectivity index (χ1) is 11.0. The molecule has 1 aromatic carbocycles. The van der Waals surface area contributed by atoms with Crippen molar-refractivity contribution in [2.24, 2.45) is 0 Å². The van der Waals surface area contributed by atoms with E-state index in [1.165, 1.54) is 10.9 Å². The summed E-state index contributed by atoms with van der Waals surface area (Å²) in [6, 6.07) is 1.86. The van der Waals surface area contributed by atoms with Gasteiger partial charge in [-0.25, -0.2) is 13.6 Å². The van der Waals surface area contributed by atoms with Crippen LogP contribution in [0, 0.1) is 11.6 Å². The summed E-state index contributed by atoms with van der Waals surface area (Å²) in [7, 11) is 0. The molecule has 23 heavy (non-hydrogen) atoms. The second-order valence-corrected chi connectivity index (χ2v) is 6.10. The molecule has 2 heterocycles. The Bertz CT molecular complexity index is 757. The zero-order valence-corrected chi connectivity index (χ0v) is 13.5. The monoisotopic (exact) mass is 386 g/mol. The lowest BCUT2D eigenvalue weighted by Crippen LogP contribution is -2.21. The SMILES string of the molecule is O=C(O)c1cnn(C2CCOCC2)c1-c1cc(F)c(Br)cc1F. The summed E-state index contributed by atoms with van der Waals surface area (Å²) in [6.07, 6.45) is 2.44. The van der Waals surface area contributed by atoms with Crippen molar-refractivity contribution in [2.45, 2.75) is 18.9 Å². The van der Waals surface area contributed by atoms with Crippen LogP contribution in [0.4, 0.5) is 8.78 Å². The minimum atomic E-state index is -1.24. The smallest absolute Gasteiger partial charge is 0.339 e. The predicted octanol–water partition coefficient (Wildman–Crippen LogP) is 3.64. The maximum atomic E-state index is 14.3. The fraction of sp³-hybridized carbons (Fsp3) is 0.333. The highest BCUT2D eigenvalue weighted by Crippen LogP contribution is 2.34. The summed E-state index contributed by atoms with van der Waals surface area (Å²) >= 11 is 2.92. The number of carboxylic acids is 1. The van der Waals surface area contributed by atoms with Gasteiger partial charge in [-0.05, 0) is 40.9 Å². The van der Waals surface area contributed by atoms with Crippen molar-refractivity contribution in [3.8, 4) is 11.3 Å². The molecule has 1 aromatic heterocycles. The molecule has 1 saturated heterocycles. The van der Waals surface area contributed by atoms with Crippen LogP contribution in [0.5, 0.6) is 0 Å². The van der Waals surface area contributed by atoms with Crippen LogP contribution in [0.3, 0.4) is 0 Å². The van der Waals surface area contributed by atoms with E-state index in [0.29, 0.717) is 26.1 Å². The molecule has 1 fully saturated rings. The van der Waals surface area contributed by atoms with Gasteiger partial charge in [-0.1, -0.05) is 0 Å². The first kappa shape index (κ1) is 16.1. The molecule has 0 unspecified atom stereocenters. The summed E-state index contributed by atoms with van der Waals surface area (Å²) in [4.78, 5) is 11.5. The van der Waals surface area contributed by atoms with E-state index in [1.807, 2.05) is 0 Å². The van der Waals surface area contributed by atoms with E-state index in [0.717, 1.165) is 12.1 Å². The molecule has 1 aliphatic heterocycles. The Morgan fingerprint density at radius 2 is 2.00 bits per heavy atom. The van der Waals surface area contributed by atoms with Gasteiger partial charge in [-0.15, -0.1) is 0 Å². The van der Waals surface area contributed by atoms with Gasteiger partial charge in [0.05, 0.1) is 22.4 Å². The van der Waals surface area contributed by atoms with Crippen LogP contribution in [0.2, 0.25) is 0 Å². The van der Waals surface area contributed by atoms with Gasteiger partial charge >= 0.3 is 5.97 Å². The number of nitrogens with zero attached hydrogens (tertiary/aromatic N) is 2. The van der Waals surface area contributed by atoms with Crippen molar-refractivity contribution in [3.05, 3.63) is 40.0 Å². The minimum absolute atomic E-state index is 0.0206. The molecule has 8 heteroatoms. The maximum Gasteiger partial charge on any atom is 0.339 e. The van der Waals surface area contributed by atoms with Crippen LogP contribution < -0.4 is 0 Å². The average molecular weight is 387 g/mol. The molecular weight excluding hydrogens is 374 g/mol. The van der Waals surface area contributed by atoms with Gasteiger partial charge in [0, 0.05) is 18.8 Å². The van der Waals surface area contributed by atoms with Crippen LogP contribution in [-0.4, -0.2) is 34.1 Å². The molecule has 0 bridgehead atoms. The number of carbonyl (C=O) groups is 1. The van der Waals surface area contributed by atoms with Crippen molar-refractivity contribution in [1.29, 1.82) is 0 Å². The lowest BCUT2D eigenvalue weighted by molar-refractivity contribution is 0.0665. The van der Waals surface area contributed by atoms with Gasteiger partial charge < -0.3 is 9.84 Å². The molecule has 0 spiro atoms. The van der Waals surface area contributed by atoms with Crippen LogP contribution in [0.1, 0.15) is 29.2 Å². The number of hydrogen-bond acceptors (Lipinski definition) is 3. The molecule has 0 aliphatic carbocycles. The number of rotatable bonds is 3. The standard InChI is InChI=1S/C15H13BrF2N2O3/c16-11-6-12(17)9(5-13(11)18)14-10(15(21)22)7-19-20(14)8-1-3-23-4-2-8/h5-8H,1-4H2,(H,21,22). The Labute approximate surface area is 139 Å². The highest BCUT2D eigenvalue weighted by atomic mass is 79.9. The van der Waals surface area contributed by atoms with Gasteiger partial charge in [-0.3, -0.25) is 4.68 Å². The molecule has 1 aliphatic rings. The third-order valence-corrected chi connectivity index (χ3v) is 4.44. The molecular formula is C15H13BrF2N2O3. The lowest BCUT2D eigenvalue weighted by atomic mass is 10.0. The lowest BCUT2D eigenvalue weighted by Gasteiger charge is -2.24. The van der Waals surface area contributed by atoms with Crippen molar-refractivity contribution in [3.63, 3.8) is 0 Å². The van der Waals surface area contributed by atoms with Crippen molar-refractivity contribution >= 4 is 21.9 Å². The van der Waals surface area contributed by atoms with Crippen molar-refractivity contribution in [2.75, 3.05) is 13.2 Å². The molecule has 1 N–H and O–H groups in total. The predicted molar refractivity (Wildman–Crippen MR) is 81.3 cm³/mol. The Hall–Kier alpha value is -1.80. The van der Waals surface area contributed by atoms with Crippen LogP contribution in [0.15, 0.2) is 22.8 Å². The van der Waals surface area contributed by atoms with E-state index in [1.54, 1.807) is 0 Å². The molecule has 0 atom stereocenters. The fourth-order valence-corrected chi connectivity index (χ4v) is 3.01. The second kappa shape index (κ2) is 6.37. The summed E-state index contributed by atoms with van der Waals surface area (Å²) in [5.74, 6) is -2.62. The molecule has 122 valence electrons. The van der Waals surface area contributed by atoms with Crippen molar-refractivity contribution < 1.29 is 23.4 Å². The highest BCUT2D eigenvalue weighted by Gasteiger charge is 2.27. The summed E-state index contributed by atoms with van der Waals surface area (Å²) in [5.41, 5.74) is -0.197. The Kier molecular flexibility index (Phi) is 4.45. The van der Waals surface area contributed by atoms with Crippen LogP contribution in [-0.2, 0) is 4.74 Å². The normalized spacial score (nSPS) is 15.8. The van der Waals surface area contributed by atoms with E-state index in [4.69, 9.17) is 4.74 Å². The van der Waals surface area contributed by atoms with Crippen LogP contribution >= 0.6 is 15.9 Å². The number of hydrogen-bond donors (Lipinski definition) is 1. The number of carboxylic acid groups (broad SMARTS) is 1. The first-order valence-electron chi connectivity index (χ1n) is 7.02. The molecule has 3 rings (SSSR count). The Morgan fingerprint density at radius 1 is 1.30 bits per heavy atom. The van der Waals surface area contributed by atoms with Gasteiger partial charge in [0.15, 0.2) is 0 Å². The minimum Gasteiger partial charge on any atom is -0.478 e. The summed E-state index contributed by atoms with van der Waals surface area (Å²) in [6.45, 7) is 1.03. The highest BCUT2D eigenvalue weighted by molar-refractivity contribution is 9.10. The van der Waals surface area contributed by atoms with E-state index >= 15 is 0 Å². The Balaban J connectivity index is 2.18. The summed E-state index contributed by atoms with van der Waals surface area (Å²) < 4.78 is 34.9. The van der Waals surface area contributed by atoms with E-state index in [2.05, 4.69) is 21.0 Å². The van der Waals surface area contributed by atoms with E-state index in [9.17, 15) is 18.7 Å². The molecule has 0 radical (unpaired) electrons. The van der Waals surface area contributed by atoms with Gasteiger partial charge in [0.1, 0.15) is 17.2 Å². The second-order valence-electron chi connectivity index (χ2n) is 5.25. The zero-order chi connectivity index (χ0) is 16.6. The van der Waals surface area contributed by atoms with Gasteiger partial charge in [-0.2, -0.15) is 5.10 Å². The number of aromatic carboxylic acids is 1. The Morgan fingerprint density at radius 3 is 2.65 bits per heavy atom. The number of benzene rings is 1. The fourth-order valence-electron chi connectivity index (χ4n) is 2.70. The maximum absolute atomic E-state index is 14.3. The van der Waals surface area contributed by atoms with E-state index < -0.39 is 17.6 Å². The van der Waals surface area contributed by atoms with E-state index in [-0.39, 0.29) is 27.3 Å². The molecule has 2 aromatic rings. The summed E-state index contributed by atoms with van der Waals surface area (Å²) in [5, 5.41) is 13.5. The van der Waals surface area contributed by atoms with Gasteiger partial charge in [0.25, 0.3) is 0 Å². The largest absolute Gasteiger partial charge is 0.478 e. The topological polar surface area (TPSA) is 64.3 Å². The number of halogens is 3. The van der Waals surface area contributed by atoms with Crippen molar-refractivity contribution in [1.82, 2.24) is 9.78 Å². The third kappa shape index (κ3) is 3.00. The first-order valence-corrected chi connectivity index (χ1v) is 7.81. The zero-order valence-electron chi connectivity index (χ0n) is 11.9. The number of ether oxygens (including phenoxy) is 1. The van der Waals surface area contributed by atoms with Crippen LogP contribution in [0.25, 0.3) is 11.3 Å².